The molecular formula is C23H31NO5S. The summed E-state index contributed by atoms with van der Waals surface area (Å²) in [5, 5.41) is 0. The lowest BCUT2D eigenvalue weighted by atomic mass is 9.92. The Morgan fingerprint density at radius 2 is 1.57 bits per heavy atom. The van der Waals surface area contributed by atoms with Crippen LogP contribution >= 0.6 is 0 Å². The summed E-state index contributed by atoms with van der Waals surface area (Å²) in [6.07, 6.45) is 4.06. The molecule has 0 bridgehead atoms. The molecule has 7 heteroatoms. The van der Waals surface area contributed by atoms with E-state index in [4.69, 9.17) is 14.2 Å². The van der Waals surface area contributed by atoms with E-state index >= 15 is 0 Å². The number of sulfonamides is 1. The van der Waals surface area contributed by atoms with Crippen LogP contribution in [0.4, 0.5) is 0 Å². The monoisotopic (exact) mass is 433 g/mol. The molecule has 30 heavy (non-hydrogen) atoms. The summed E-state index contributed by atoms with van der Waals surface area (Å²) in [7, 11) is -2.27. The maximum absolute atomic E-state index is 13.2. The zero-order valence-corrected chi connectivity index (χ0v) is 19.0. The largest absolute Gasteiger partial charge is 0.495 e. The van der Waals surface area contributed by atoms with E-state index in [1.807, 2.05) is 45.0 Å². The van der Waals surface area contributed by atoms with Crippen LogP contribution in [-0.2, 0) is 22.9 Å². The van der Waals surface area contributed by atoms with Crippen LogP contribution in [0.15, 0.2) is 35.2 Å². The molecule has 1 atom stereocenters. The van der Waals surface area contributed by atoms with E-state index in [1.54, 1.807) is 6.07 Å². The molecule has 0 saturated carbocycles. The van der Waals surface area contributed by atoms with Gasteiger partial charge in [-0.15, -0.1) is 0 Å². The van der Waals surface area contributed by atoms with E-state index < -0.39 is 16.1 Å². The number of benzene rings is 2. The lowest BCUT2D eigenvalue weighted by molar-refractivity contribution is 0.287. The third kappa shape index (κ3) is 4.90. The number of hydrogen-bond donors (Lipinski definition) is 1. The Balaban J connectivity index is 1.89. The molecule has 0 radical (unpaired) electrons. The number of methoxy groups -OCH3 is 1. The molecule has 2 aromatic rings. The summed E-state index contributed by atoms with van der Waals surface area (Å²) in [5.74, 6) is 1.64. The summed E-state index contributed by atoms with van der Waals surface area (Å²) < 4.78 is 45.9. The van der Waals surface area contributed by atoms with Gasteiger partial charge in [-0.05, 0) is 87.4 Å². The van der Waals surface area contributed by atoms with Crippen molar-refractivity contribution in [2.75, 3.05) is 20.3 Å². The summed E-state index contributed by atoms with van der Waals surface area (Å²) in [5.41, 5.74) is 3.06. The molecule has 0 saturated heterocycles. The summed E-state index contributed by atoms with van der Waals surface area (Å²) in [6.45, 7) is 6.65. The highest BCUT2D eigenvalue weighted by Crippen LogP contribution is 2.34. The van der Waals surface area contributed by atoms with Crippen molar-refractivity contribution in [3.05, 3.63) is 47.0 Å². The Labute approximate surface area is 179 Å². The third-order valence-electron chi connectivity index (χ3n) is 5.32. The van der Waals surface area contributed by atoms with Crippen molar-refractivity contribution in [2.24, 2.45) is 0 Å². The molecule has 0 aromatic heterocycles. The zero-order valence-electron chi connectivity index (χ0n) is 18.2. The van der Waals surface area contributed by atoms with Gasteiger partial charge in [0.15, 0.2) is 11.5 Å². The molecule has 0 fully saturated rings. The number of aryl methyl sites for hydroxylation is 2. The second-order valence-electron chi connectivity index (χ2n) is 7.39. The first kappa shape index (κ1) is 22.4. The molecule has 0 aliphatic heterocycles. The van der Waals surface area contributed by atoms with Crippen molar-refractivity contribution in [2.45, 2.75) is 57.4 Å². The average molecular weight is 434 g/mol. The van der Waals surface area contributed by atoms with Crippen LogP contribution in [0.2, 0.25) is 0 Å². The van der Waals surface area contributed by atoms with Gasteiger partial charge in [0.1, 0.15) is 10.6 Å². The van der Waals surface area contributed by atoms with E-state index in [0.29, 0.717) is 30.5 Å². The number of hydrogen-bond acceptors (Lipinski definition) is 5. The Hall–Kier alpha value is -2.25. The van der Waals surface area contributed by atoms with Gasteiger partial charge in [-0.3, -0.25) is 0 Å². The molecule has 0 unspecified atom stereocenters. The predicted octanol–water partition coefficient (Wildman–Crippen LogP) is 4.41. The number of nitrogens with one attached hydrogen (secondary N) is 1. The average Bonchev–Trinajstić information content (AvgIpc) is 2.74. The van der Waals surface area contributed by atoms with Gasteiger partial charge in [-0.1, -0.05) is 6.07 Å². The smallest absolute Gasteiger partial charge is 0.244 e. The van der Waals surface area contributed by atoms with Crippen LogP contribution < -0.4 is 18.9 Å². The Morgan fingerprint density at radius 1 is 0.933 bits per heavy atom. The van der Waals surface area contributed by atoms with Crippen LogP contribution in [0.5, 0.6) is 17.2 Å². The van der Waals surface area contributed by atoms with Gasteiger partial charge in [0.05, 0.1) is 20.3 Å². The summed E-state index contributed by atoms with van der Waals surface area (Å²) in [4.78, 5) is 0.188. The molecule has 6 nitrogen and oxygen atoms in total. The second kappa shape index (κ2) is 9.71. The molecule has 0 heterocycles. The Kier molecular flexibility index (Phi) is 7.26. The van der Waals surface area contributed by atoms with Gasteiger partial charge in [0.25, 0.3) is 0 Å². The molecule has 0 spiro atoms. The molecule has 1 aliphatic carbocycles. The normalized spacial score (nSPS) is 14.7. The minimum atomic E-state index is -3.78. The van der Waals surface area contributed by atoms with E-state index in [-0.39, 0.29) is 4.90 Å². The minimum Gasteiger partial charge on any atom is -0.495 e. The third-order valence-corrected chi connectivity index (χ3v) is 6.88. The topological polar surface area (TPSA) is 73.9 Å². The molecular weight excluding hydrogens is 402 g/mol. The van der Waals surface area contributed by atoms with Gasteiger partial charge >= 0.3 is 0 Å². The molecule has 1 N–H and O–H groups in total. The van der Waals surface area contributed by atoms with Crippen LogP contribution in [0.25, 0.3) is 0 Å². The summed E-state index contributed by atoms with van der Waals surface area (Å²) in [6, 6.07) is 8.68. The molecule has 164 valence electrons. The quantitative estimate of drug-likeness (QED) is 0.634. The fourth-order valence-electron chi connectivity index (χ4n) is 3.81. The van der Waals surface area contributed by atoms with E-state index in [0.717, 1.165) is 36.8 Å². The number of ether oxygens (including phenoxy) is 3. The van der Waals surface area contributed by atoms with E-state index in [2.05, 4.69) is 4.72 Å². The van der Waals surface area contributed by atoms with Crippen molar-refractivity contribution in [3.8, 4) is 17.2 Å². The van der Waals surface area contributed by atoms with Crippen molar-refractivity contribution in [1.29, 1.82) is 0 Å². The lowest BCUT2D eigenvalue weighted by Gasteiger charge is -2.21. The Bertz CT molecular complexity index is 987. The van der Waals surface area contributed by atoms with Crippen LogP contribution in [-0.4, -0.2) is 28.7 Å². The Morgan fingerprint density at radius 3 is 2.20 bits per heavy atom. The van der Waals surface area contributed by atoms with Crippen LogP contribution in [0, 0.1) is 0 Å². The fourth-order valence-corrected chi connectivity index (χ4v) is 5.24. The van der Waals surface area contributed by atoms with Crippen LogP contribution in [0.1, 0.15) is 56.3 Å². The van der Waals surface area contributed by atoms with Crippen molar-refractivity contribution < 1.29 is 22.6 Å². The first-order valence-electron chi connectivity index (χ1n) is 10.5. The number of rotatable bonds is 9. The minimum absolute atomic E-state index is 0.188. The van der Waals surface area contributed by atoms with Gasteiger partial charge in [-0.2, -0.15) is 0 Å². The first-order chi connectivity index (χ1) is 14.4. The highest BCUT2D eigenvalue weighted by atomic mass is 32.2. The van der Waals surface area contributed by atoms with E-state index in [9.17, 15) is 8.42 Å². The molecule has 2 aromatic carbocycles. The second-order valence-corrected chi connectivity index (χ2v) is 9.08. The van der Waals surface area contributed by atoms with Gasteiger partial charge in [0, 0.05) is 6.04 Å². The molecule has 3 rings (SSSR count). The van der Waals surface area contributed by atoms with Crippen molar-refractivity contribution in [1.82, 2.24) is 4.72 Å². The van der Waals surface area contributed by atoms with E-state index in [1.165, 1.54) is 12.7 Å². The highest BCUT2D eigenvalue weighted by molar-refractivity contribution is 7.89. The first-order valence-corrected chi connectivity index (χ1v) is 12.0. The molecule has 0 amide bonds. The van der Waals surface area contributed by atoms with Gasteiger partial charge < -0.3 is 14.2 Å². The standard InChI is InChI=1S/C23H31NO5S/c1-5-28-20-12-11-17(13-21(20)29-6-2)16(3)24-30(25,26)23-15-19-10-8-7-9-18(19)14-22(23)27-4/h11-16,24H,5-10H2,1-4H3/t16-/m1/s1. The molecule has 1 aliphatic rings. The lowest BCUT2D eigenvalue weighted by Crippen LogP contribution is -2.27. The SMILES string of the molecule is CCOc1ccc([C@@H](C)NS(=O)(=O)c2cc3c(cc2OC)CCCC3)cc1OCC. The van der Waals surface area contributed by atoms with Crippen LogP contribution in [0.3, 0.4) is 0 Å². The van der Waals surface area contributed by atoms with Gasteiger partial charge in [-0.25, -0.2) is 13.1 Å². The maximum atomic E-state index is 13.2. The zero-order chi connectivity index (χ0) is 21.7. The predicted molar refractivity (Wildman–Crippen MR) is 117 cm³/mol. The fraction of sp³-hybridized carbons (Fsp3) is 0.478. The highest BCUT2D eigenvalue weighted by Gasteiger charge is 2.25. The number of fused-ring (bicyclic) bond motifs is 1. The van der Waals surface area contributed by atoms with Gasteiger partial charge in [0.2, 0.25) is 10.0 Å². The maximum Gasteiger partial charge on any atom is 0.244 e. The summed E-state index contributed by atoms with van der Waals surface area (Å²) >= 11 is 0. The van der Waals surface area contributed by atoms with Crippen molar-refractivity contribution in [3.63, 3.8) is 0 Å². The van der Waals surface area contributed by atoms with Crippen molar-refractivity contribution >= 4 is 10.0 Å².